The SMILES string of the molecule is [B]CC(=O)N(CNC)C(C)CC(C)=O. The highest BCUT2D eigenvalue weighted by Crippen LogP contribution is 2.05. The van der Waals surface area contributed by atoms with Gasteiger partial charge < -0.3 is 10.2 Å². The van der Waals surface area contributed by atoms with Crippen molar-refractivity contribution in [1.82, 2.24) is 10.2 Å². The van der Waals surface area contributed by atoms with Crippen LogP contribution in [-0.4, -0.2) is 44.2 Å². The topological polar surface area (TPSA) is 49.4 Å². The first-order valence-electron chi connectivity index (χ1n) is 4.66. The molecule has 0 saturated carbocycles. The summed E-state index contributed by atoms with van der Waals surface area (Å²) in [7, 11) is 7.02. The third kappa shape index (κ3) is 4.41. The van der Waals surface area contributed by atoms with E-state index in [0.717, 1.165) is 0 Å². The normalized spacial score (nSPS) is 12.2. The second kappa shape index (κ2) is 6.59. The molecular formula is C9H17BN2O2. The number of nitrogens with one attached hydrogen (secondary N) is 1. The Kier molecular flexibility index (Phi) is 6.20. The molecule has 1 amide bonds. The van der Waals surface area contributed by atoms with Gasteiger partial charge in [-0.05, 0) is 27.2 Å². The van der Waals surface area contributed by atoms with E-state index >= 15 is 0 Å². The molecule has 1 unspecified atom stereocenters. The fourth-order valence-corrected chi connectivity index (χ4v) is 1.30. The maximum atomic E-state index is 11.4. The standard InChI is InChI=1S/C9H17BN2O2/c1-7(4-8(2)13)12(6-11-3)9(14)5-10/h7,11H,4-6H2,1-3H3. The molecule has 0 saturated heterocycles. The number of Topliss-reactive ketones (excluding diaryl/α,β-unsaturated/α-hetero) is 1. The molecule has 0 bridgehead atoms. The van der Waals surface area contributed by atoms with Crippen molar-refractivity contribution >= 4 is 19.5 Å². The lowest BCUT2D eigenvalue weighted by Gasteiger charge is -2.28. The Hall–Kier alpha value is -0.835. The van der Waals surface area contributed by atoms with Gasteiger partial charge in [-0.15, -0.1) is 0 Å². The minimum Gasteiger partial charge on any atom is -0.327 e. The highest BCUT2D eigenvalue weighted by molar-refractivity contribution is 6.19. The van der Waals surface area contributed by atoms with Gasteiger partial charge in [0.1, 0.15) is 5.78 Å². The summed E-state index contributed by atoms with van der Waals surface area (Å²) in [5, 5.41) is 2.88. The molecule has 0 aliphatic rings. The number of nitrogens with zero attached hydrogens (tertiary/aromatic N) is 1. The largest absolute Gasteiger partial charge is 0.327 e. The zero-order valence-corrected chi connectivity index (χ0v) is 9.04. The first-order valence-corrected chi connectivity index (χ1v) is 4.66. The minimum atomic E-state index is -0.145. The third-order valence-electron chi connectivity index (χ3n) is 1.94. The lowest BCUT2D eigenvalue weighted by Crippen LogP contribution is -2.44. The number of amides is 1. The molecule has 0 rings (SSSR count). The number of carbonyl (C=O) groups excluding carboxylic acids is 2. The van der Waals surface area contributed by atoms with E-state index in [-0.39, 0.29) is 24.1 Å². The molecule has 0 aliphatic carbocycles. The van der Waals surface area contributed by atoms with Crippen LogP contribution in [0.3, 0.4) is 0 Å². The van der Waals surface area contributed by atoms with Crippen molar-refractivity contribution in [1.29, 1.82) is 0 Å². The maximum absolute atomic E-state index is 11.4. The van der Waals surface area contributed by atoms with Crippen molar-refractivity contribution in [3.05, 3.63) is 0 Å². The molecule has 0 aromatic heterocycles. The van der Waals surface area contributed by atoms with E-state index in [1.807, 2.05) is 6.92 Å². The van der Waals surface area contributed by atoms with E-state index < -0.39 is 0 Å². The van der Waals surface area contributed by atoms with Crippen LogP contribution in [0, 0.1) is 0 Å². The van der Waals surface area contributed by atoms with Gasteiger partial charge in [-0.2, -0.15) is 0 Å². The smallest absolute Gasteiger partial charge is 0.215 e. The Morgan fingerprint density at radius 2 is 2.07 bits per heavy atom. The fourth-order valence-electron chi connectivity index (χ4n) is 1.30. The van der Waals surface area contributed by atoms with Crippen molar-refractivity contribution < 1.29 is 9.59 Å². The van der Waals surface area contributed by atoms with Gasteiger partial charge in [0.25, 0.3) is 0 Å². The molecule has 4 nitrogen and oxygen atoms in total. The molecule has 78 valence electrons. The Labute approximate surface area is 86.4 Å². The summed E-state index contributed by atoms with van der Waals surface area (Å²) in [5.41, 5.74) is 0. The van der Waals surface area contributed by atoms with Crippen molar-refractivity contribution in [3.8, 4) is 0 Å². The van der Waals surface area contributed by atoms with Crippen LogP contribution in [0.1, 0.15) is 20.3 Å². The molecule has 1 atom stereocenters. The summed E-state index contributed by atoms with van der Waals surface area (Å²) in [5.74, 6) is -0.0727. The van der Waals surface area contributed by atoms with Crippen LogP contribution in [0.4, 0.5) is 0 Å². The zero-order chi connectivity index (χ0) is 11.1. The average Bonchev–Trinajstić information content (AvgIpc) is 2.11. The highest BCUT2D eigenvalue weighted by atomic mass is 16.2. The van der Waals surface area contributed by atoms with Crippen LogP contribution in [0.2, 0.25) is 6.32 Å². The molecule has 0 heterocycles. The zero-order valence-electron chi connectivity index (χ0n) is 9.04. The number of rotatable bonds is 6. The maximum Gasteiger partial charge on any atom is 0.215 e. The van der Waals surface area contributed by atoms with Gasteiger partial charge >= 0.3 is 0 Å². The van der Waals surface area contributed by atoms with Crippen molar-refractivity contribution in [2.24, 2.45) is 0 Å². The minimum absolute atomic E-state index is 0.0239. The first-order chi connectivity index (χ1) is 6.52. The molecule has 2 radical (unpaired) electrons. The Morgan fingerprint density at radius 3 is 2.43 bits per heavy atom. The number of carbonyl (C=O) groups is 2. The second-order valence-corrected chi connectivity index (χ2v) is 3.33. The van der Waals surface area contributed by atoms with Crippen molar-refractivity contribution in [2.45, 2.75) is 32.6 Å². The van der Waals surface area contributed by atoms with E-state index in [2.05, 4.69) is 5.32 Å². The fraction of sp³-hybridized carbons (Fsp3) is 0.778. The van der Waals surface area contributed by atoms with Crippen molar-refractivity contribution in [3.63, 3.8) is 0 Å². The van der Waals surface area contributed by atoms with Gasteiger partial charge in [-0.25, -0.2) is 0 Å². The van der Waals surface area contributed by atoms with E-state index in [4.69, 9.17) is 7.85 Å². The quantitative estimate of drug-likeness (QED) is 0.478. The molecule has 0 aromatic carbocycles. The molecule has 0 spiro atoms. The van der Waals surface area contributed by atoms with Crippen LogP contribution in [0.5, 0.6) is 0 Å². The molecule has 0 fully saturated rings. The van der Waals surface area contributed by atoms with Crippen molar-refractivity contribution in [2.75, 3.05) is 13.7 Å². The lowest BCUT2D eigenvalue weighted by molar-refractivity contribution is -0.132. The van der Waals surface area contributed by atoms with Crippen LogP contribution in [0.25, 0.3) is 0 Å². The molecule has 5 heteroatoms. The van der Waals surface area contributed by atoms with Gasteiger partial charge in [0.05, 0.1) is 14.5 Å². The van der Waals surface area contributed by atoms with E-state index in [9.17, 15) is 9.59 Å². The molecule has 0 aromatic rings. The van der Waals surface area contributed by atoms with Gasteiger partial charge in [0.15, 0.2) is 0 Å². The van der Waals surface area contributed by atoms with Crippen LogP contribution in [0.15, 0.2) is 0 Å². The summed E-state index contributed by atoms with van der Waals surface area (Å²) in [4.78, 5) is 23.8. The number of hydrogen-bond acceptors (Lipinski definition) is 3. The monoisotopic (exact) mass is 196 g/mol. The highest BCUT2D eigenvalue weighted by Gasteiger charge is 2.18. The van der Waals surface area contributed by atoms with Gasteiger partial charge in [0.2, 0.25) is 5.91 Å². The van der Waals surface area contributed by atoms with Gasteiger partial charge in [-0.3, -0.25) is 9.59 Å². The average molecular weight is 196 g/mol. The van der Waals surface area contributed by atoms with Crippen LogP contribution >= 0.6 is 0 Å². The van der Waals surface area contributed by atoms with E-state index in [1.54, 1.807) is 11.9 Å². The third-order valence-corrected chi connectivity index (χ3v) is 1.94. The summed E-state index contributed by atoms with van der Waals surface area (Å²) in [6.07, 6.45) is 0.345. The summed E-state index contributed by atoms with van der Waals surface area (Å²) in [6, 6.07) is -0.101. The predicted molar refractivity (Wildman–Crippen MR) is 56.1 cm³/mol. The summed E-state index contributed by atoms with van der Waals surface area (Å²) < 4.78 is 0. The first kappa shape index (κ1) is 13.2. The molecule has 0 aliphatic heterocycles. The van der Waals surface area contributed by atoms with Gasteiger partial charge in [-0.1, -0.05) is 0 Å². The van der Waals surface area contributed by atoms with Crippen LogP contribution in [-0.2, 0) is 9.59 Å². The number of hydrogen-bond donors (Lipinski definition) is 1. The predicted octanol–water partition coefficient (Wildman–Crippen LogP) is -0.0537. The number of ketones is 1. The molecule has 14 heavy (non-hydrogen) atoms. The Morgan fingerprint density at radius 1 is 1.50 bits per heavy atom. The van der Waals surface area contributed by atoms with Gasteiger partial charge in [0, 0.05) is 12.5 Å². The Bertz CT molecular complexity index is 209. The van der Waals surface area contributed by atoms with E-state index in [0.29, 0.717) is 13.1 Å². The van der Waals surface area contributed by atoms with Crippen LogP contribution < -0.4 is 5.32 Å². The van der Waals surface area contributed by atoms with E-state index in [1.165, 1.54) is 6.92 Å². The molecular weight excluding hydrogens is 179 g/mol. The Balaban J connectivity index is 4.31. The summed E-state index contributed by atoms with van der Waals surface area (Å²) in [6.45, 7) is 3.78. The summed E-state index contributed by atoms with van der Waals surface area (Å²) >= 11 is 0. The molecule has 1 N–H and O–H groups in total. The second-order valence-electron chi connectivity index (χ2n) is 3.33. The lowest BCUT2D eigenvalue weighted by atomic mass is 10.0.